The Balaban J connectivity index is 1.29. The number of benzene rings is 2. The van der Waals surface area contributed by atoms with E-state index >= 15 is 0 Å². The quantitative estimate of drug-likeness (QED) is 0.576. The van der Waals surface area contributed by atoms with Gasteiger partial charge in [-0.25, -0.2) is 0 Å². The monoisotopic (exact) mass is 494 g/mol. The number of hydrogen-bond acceptors (Lipinski definition) is 4. The second-order valence-corrected chi connectivity index (χ2v) is 9.98. The minimum Gasteiger partial charge on any atom is -0.482 e. The van der Waals surface area contributed by atoms with Crippen LogP contribution in [0.3, 0.4) is 0 Å². The van der Waals surface area contributed by atoms with E-state index in [1.54, 1.807) is 18.2 Å². The summed E-state index contributed by atoms with van der Waals surface area (Å²) in [6, 6.07) is 15.0. The van der Waals surface area contributed by atoms with Crippen LogP contribution in [0.25, 0.3) is 6.08 Å². The largest absolute Gasteiger partial charge is 0.482 e. The van der Waals surface area contributed by atoms with E-state index in [1.165, 1.54) is 0 Å². The van der Waals surface area contributed by atoms with Gasteiger partial charge in [0.15, 0.2) is 5.76 Å². The van der Waals surface area contributed by atoms with E-state index in [1.807, 2.05) is 41.3 Å². The van der Waals surface area contributed by atoms with Crippen molar-refractivity contribution in [1.29, 1.82) is 0 Å². The molecule has 3 aliphatic rings. The molecule has 2 heterocycles. The van der Waals surface area contributed by atoms with E-state index in [4.69, 9.17) is 21.1 Å². The molecule has 3 unspecified atom stereocenters. The fraction of sp³-hybridized carbons (Fsp3) is 0.429. The summed E-state index contributed by atoms with van der Waals surface area (Å²) in [5, 5.41) is 3.62. The van der Waals surface area contributed by atoms with Gasteiger partial charge in [-0.15, -0.1) is 0 Å². The molecule has 3 atom stereocenters. The summed E-state index contributed by atoms with van der Waals surface area (Å²) in [5.74, 6) is 0.142. The predicted octanol–water partition coefficient (Wildman–Crippen LogP) is 4.96. The fourth-order valence-corrected chi connectivity index (χ4v) is 5.27. The van der Waals surface area contributed by atoms with Crippen molar-refractivity contribution in [3.63, 3.8) is 0 Å². The normalized spacial score (nSPS) is 25.3. The van der Waals surface area contributed by atoms with Gasteiger partial charge in [0.25, 0.3) is 11.8 Å². The molecule has 0 spiro atoms. The highest BCUT2D eigenvalue weighted by Gasteiger charge is 2.41. The van der Waals surface area contributed by atoms with Crippen molar-refractivity contribution in [3.05, 3.63) is 76.0 Å². The Labute approximate surface area is 211 Å². The van der Waals surface area contributed by atoms with Crippen molar-refractivity contribution in [2.45, 2.75) is 63.3 Å². The lowest BCUT2D eigenvalue weighted by molar-refractivity contribution is -0.149. The molecule has 2 aromatic rings. The highest BCUT2D eigenvalue weighted by Crippen LogP contribution is 2.34. The van der Waals surface area contributed by atoms with E-state index in [9.17, 15) is 9.59 Å². The summed E-state index contributed by atoms with van der Waals surface area (Å²) in [6.07, 6.45) is 8.03. The Hall–Kier alpha value is -2.83. The lowest BCUT2D eigenvalue weighted by atomic mass is 9.89. The van der Waals surface area contributed by atoms with Crippen molar-refractivity contribution in [2.75, 3.05) is 13.2 Å². The molecule has 5 rings (SSSR count). The second kappa shape index (κ2) is 10.8. The van der Waals surface area contributed by atoms with Crippen LogP contribution >= 0.6 is 11.6 Å². The van der Waals surface area contributed by atoms with Crippen molar-refractivity contribution in [3.8, 4) is 0 Å². The number of hydrogen-bond donors (Lipinski definition) is 1. The lowest BCUT2D eigenvalue weighted by Crippen LogP contribution is -2.54. The molecular weight excluding hydrogens is 464 g/mol. The standard InChI is InChI=1S/C28H31ClN2O4/c29-22-13-9-20(10-14-22)18-31-24-5-1-2-6-25(24)35-26(28(31)33)16-19-7-11-21(12-8-19)27(32)30-17-23-4-3-15-34-23/h7-14,16,23-25H,1-6,15,17-18H2,(H,30,32)/b26-16-. The summed E-state index contributed by atoms with van der Waals surface area (Å²) < 4.78 is 11.8. The van der Waals surface area contributed by atoms with Gasteiger partial charge >= 0.3 is 0 Å². The summed E-state index contributed by atoms with van der Waals surface area (Å²) >= 11 is 6.04. The number of carbonyl (C=O) groups is 2. The number of nitrogens with zero attached hydrogens (tertiary/aromatic N) is 1. The zero-order chi connectivity index (χ0) is 24.2. The van der Waals surface area contributed by atoms with E-state index in [-0.39, 0.29) is 30.1 Å². The zero-order valence-electron chi connectivity index (χ0n) is 19.8. The molecule has 2 aliphatic heterocycles. The first-order valence-electron chi connectivity index (χ1n) is 12.5. The molecule has 0 bridgehead atoms. The fourth-order valence-electron chi connectivity index (χ4n) is 5.14. The van der Waals surface area contributed by atoms with Gasteiger partial charge in [0.05, 0.1) is 12.1 Å². The molecule has 1 aliphatic carbocycles. The Morgan fingerprint density at radius 3 is 2.54 bits per heavy atom. The minimum atomic E-state index is -0.121. The molecular formula is C28H31ClN2O4. The SMILES string of the molecule is O=C(NCC1CCCO1)c1ccc(/C=C2\OC3CCCCC3N(Cc3ccc(Cl)cc3)C2=O)cc1. The van der Waals surface area contributed by atoms with Gasteiger partial charge in [0.2, 0.25) is 0 Å². The number of amides is 2. The number of rotatable bonds is 6. The number of fused-ring (bicyclic) bond motifs is 1. The van der Waals surface area contributed by atoms with Crippen LogP contribution in [0.1, 0.15) is 60.0 Å². The van der Waals surface area contributed by atoms with Crippen molar-refractivity contribution < 1.29 is 19.1 Å². The Morgan fingerprint density at radius 1 is 1.03 bits per heavy atom. The number of nitrogens with one attached hydrogen (secondary N) is 1. The van der Waals surface area contributed by atoms with E-state index in [0.717, 1.165) is 56.3 Å². The first-order valence-corrected chi connectivity index (χ1v) is 12.9. The number of ether oxygens (including phenoxy) is 2. The van der Waals surface area contributed by atoms with Gasteiger partial charge in [-0.3, -0.25) is 9.59 Å². The smallest absolute Gasteiger partial charge is 0.289 e. The molecule has 184 valence electrons. The Kier molecular flexibility index (Phi) is 7.40. The zero-order valence-corrected chi connectivity index (χ0v) is 20.5. The van der Waals surface area contributed by atoms with Crippen LogP contribution in [0, 0.1) is 0 Å². The average Bonchev–Trinajstić information content (AvgIpc) is 3.40. The average molecular weight is 495 g/mol. The van der Waals surface area contributed by atoms with Crippen LogP contribution in [0.4, 0.5) is 0 Å². The third-order valence-electron chi connectivity index (χ3n) is 7.07. The molecule has 7 heteroatoms. The summed E-state index contributed by atoms with van der Waals surface area (Å²) in [6.45, 7) is 1.82. The van der Waals surface area contributed by atoms with Gasteiger partial charge in [-0.05, 0) is 73.6 Å². The van der Waals surface area contributed by atoms with Crippen LogP contribution < -0.4 is 5.32 Å². The van der Waals surface area contributed by atoms with Crippen LogP contribution in [-0.2, 0) is 20.8 Å². The molecule has 2 saturated heterocycles. The highest BCUT2D eigenvalue weighted by molar-refractivity contribution is 6.30. The van der Waals surface area contributed by atoms with Crippen molar-refractivity contribution >= 4 is 29.5 Å². The molecule has 0 radical (unpaired) electrons. The number of morpholine rings is 1. The maximum absolute atomic E-state index is 13.5. The predicted molar refractivity (Wildman–Crippen MR) is 135 cm³/mol. The maximum Gasteiger partial charge on any atom is 0.289 e. The molecule has 0 aromatic heterocycles. The molecule has 2 amide bonds. The van der Waals surface area contributed by atoms with Gasteiger partial charge < -0.3 is 19.7 Å². The molecule has 35 heavy (non-hydrogen) atoms. The van der Waals surface area contributed by atoms with Crippen molar-refractivity contribution in [2.24, 2.45) is 0 Å². The van der Waals surface area contributed by atoms with E-state index < -0.39 is 0 Å². The molecule has 1 N–H and O–H groups in total. The first kappa shape index (κ1) is 23.9. The van der Waals surface area contributed by atoms with Gasteiger partial charge in [0, 0.05) is 30.3 Å². The number of halogens is 1. The third kappa shape index (κ3) is 5.71. The minimum absolute atomic E-state index is 0.00265. The van der Waals surface area contributed by atoms with Gasteiger partial charge in [0.1, 0.15) is 6.10 Å². The summed E-state index contributed by atoms with van der Waals surface area (Å²) in [5.41, 5.74) is 2.45. The van der Waals surface area contributed by atoms with Crippen LogP contribution in [-0.4, -0.2) is 48.1 Å². The van der Waals surface area contributed by atoms with Crippen LogP contribution in [0.2, 0.25) is 5.02 Å². The Bertz CT molecular complexity index is 1080. The molecule has 3 fully saturated rings. The molecule has 1 saturated carbocycles. The topological polar surface area (TPSA) is 67.9 Å². The maximum atomic E-state index is 13.5. The van der Waals surface area contributed by atoms with E-state index in [2.05, 4.69) is 5.32 Å². The molecule has 6 nitrogen and oxygen atoms in total. The summed E-state index contributed by atoms with van der Waals surface area (Å²) in [4.78, 5) is 27.9. The highest BCUT2D eigenvalue weighted by atomic mass is 35.5. The summed E-state index contributed by atoms with van der Waals surface area (Å²) in [7, 11) is 0. The second-order valence-electron chi connectivity index (χ2n) is 9.54. The molecule has 2 aromatic carbocycles. The Morgan fingerprint density at radius 2 is 1.80 bits per heavy atom. The number of carbonyl (C=O) groups excluding carboxylic acids is 2. The van der Waals surface area contributed by atoms with Crippen molar-refractivity contribution in [1.82, 2.24) is 10.2 Å². The van der Waals surface area contributed by atoms with Crippen LogP contribution in [0.5, 0.6) is 0 Å². The third-order valence-corrected chi connectivity index (χ3v) is 7.32. The van der Waals surface area contributed by atoms with E-state index in [0.29, 0.717) is 29.4 Å². The van der Waals surface area contributed by atoms with Gasteiger partial charge in [-0.1, -0.05) is 42.3 Å². The van der Waals surface area contributed by atoms with Gasteiger partial charge in [-0.2, -0.15) is 0 Å². The van der Waals surface area contributed by atoms with Crippen LogP contribution in [0.15, 0.2) is 54.3 Å². The first-order chi connectivity index (χ1) is 17.1. The lowest BCUT2D eigenvalue weighted by Gasteiger charge is -2.44.